The number of rotatable bonds is 5. The van der Waals surface area contributed by atoms with E-state index in [9.17, 15) is 8.42 Å². The Balaban J connectivity index is 3.17. The van der Waals surface area contributed by atoms with Gasteiger partial charge in [0.05, 0.1) is 13.2 Å². The molecular weight excluding hydrogens is 252 g/mol. The summed E-state index contributed by atoms with van der Waals surface area (Å²) in [7, 11) is -2.34. The molecule has 0 heterocycles. The first-order chi connectivity index (χ1) is 8.44. The Morgan fingerprint density at radius 1 is 1.56 bits per heavy atom. The van der Waals surface area contributed by atoms with Gasteiger partial charge in [-0.05, 0) is 18.6 Å². The maximum Gasteiger partial charge on any atom is 0.245 e. The van der Waals surface area contributed by atoms with E-state index in [-0.39, 0.29) is 10.6 Å². The lowest BCUT2D eigenvalue weighted by Crippen LogP contribution is -2.33. The van der Waals surface area contributed by atoms with Crippen LogP contribution in [0.1, 0.15) is 13.3 Å². The van der Waals surface area contributed by atoms with Gasteiger partial charge in [-0.15, -0.1) is 6.42 Å². The lowest BCUT2D eigenvalue weighted by molar-refractivity contribution is 0.402. The topological polar surface area (TPSA) is 81.4 Å². The summed E-state index contributed by atoms with van der Waals surface area (Å²) < 4.78 is 31.7. The van der Waals surface area contributed by atoms with Crippen molar-refractivity contribution in [2.75, 3.05) is 12.8 Å². The predicted molar refractivity (Wildman–Crippen MR) is 70.6 cm³/mol. The van der Waals surface area contributed by atoms with E-state index in [0.29, 0.717) is 12.1 Å². The summed E-state index contributed by atoms with van der Waals surface area (Å²) in [6.45, 7) is 1.80. The summed E-state index contributed by atoms with van der Waals surface area (Å²) in [5.41, 5.74) is 6.00. The predicted octanol–water partition coefficient (Wildman–Crippen LogP) is 0.968. The van der Waals surface area contributed by atoms with Gasteiger partial charge in [0.2, 0.25) is 10.0 Å². The van der Waals surface area contributed by atoms with Crippen LogP contribution in [0.4, 0.5) is 5.69 Å². The van der Waals surface area contributed by atoms with Crippen LogP contribution in [0.3, 0.4) is 0 Å². The standard InChI is InChI=1S/C12H16N2O3S/c1-4-10(5-2)14-18(15,16)12-7-6-9(13)8-11(12)17-3/h1,6-8,10,14H,5,13H2,2-3H3. The molecule has 0 aromatic heterocycles. The molecule has 1 aromatic carbocycles. The summed E-state index contributed by atoms with van der Waals surface area (Å²) >= 11 is 0. The van der Waals surface area contributed by atoms with Crippen LogP contribution in [-0.2, 0) is 10.0 Å². The summed E-state index contributed by atoms with van der Waals surface area (Å²) in [5, 5.41) is 0. The molecule has 3 N–H and O–H groups in total. The molecule has 0 radical (unpaired) electrons. The van der Waals surface area contributed by atoms with E-state index >= 15 is 0 Å². The average molecular weight is 268 g/mol. The third-order valence-corrected chi connectivity index (χ3v) is 3.90. The van der Waals surface area contributed by atoms with Crippen LogP contribution < -0.4 is 15.2 Å². The Bertz CT molecular complexity index is 561. The van der Waals surface area contributed by atoms with Crippen LogP contribution >= 0.6 is 0 Å². The number of benzene rings is 1. The SMILES string of the molecule is C#CC(CC)NS(=O)(=O)c1ccc(N)cc1OC. The van der Waals surface area contributed by atoms with Gasteiger partial charge in [-0.2, -0.15) is 4.72 Å². The Labute approximate surface area is 107 Å². The van der Waals surface area contributed by atoms with Crippen molar-refractivity contribution in [3.05, 3.63) is 18.2 Å². The zero-order valence-corrected chi connectivity index (χ0v) is 11.1. The lowest BCUT2D eigenvalue weighted by Gasteiger charge is -2.14. The first-order valence-electron chi connectivity index (χ1n) is 5.36. The Kier molecular flexibility index (Phi) is 4.59. The maximum atomic E-state index is 12.1. The molecule has 0 aliphatic heterocycles. The fourth-order valence-electron chi connectivity index (χ4n) is 1.39. The first kappa shape index (κ1) is 14.4. The Hall–Kier alpha value is -1.71. The highest BCUT2D eigenvalue weighted by Crippen LogP contribution is 2.26. The van der Waals surface area contributed by atoms with Crippen LogP contribution in [0.25, 0.3) is 0 Å². The van der Waals surface area contributed by atoms with Crippen molar-refractivity contribution in [3.63, 3.8) is 0 Å². The third kappa shape index (κ3) is 3.15. The fourth-order valence-corrected chi connectivity index (χ4v) is 2.78. The molecule has 0 bridgehead atoms. The number of nitrogens with two attached hydrogens (primary N) is 1. The molecule has 0 aliphatic rings. The van der Waals surface area contributed by atoms with Crippen molar-refractivity contribution in [1.29, 1.82) is 0 Å². The number of methoxy groups -OCH3 is 1. The van der Waals surface area contributed by atoms with Crippen molar-refractivity contribution < 1.29 is 13.2 Å². The maximum absolute atomic E-state index is 12.1. The van der Waals surface area contributed by atoms with Gasteiger partial charge in [0.25, 0.3) is 0 Å². The molecule has 0 saturated carbocycles. The number of ether oxygens (including phenoxy) is 1. The Morgan fingerprint density at radius 2 is 2.22 bits per heavy atom. The highest BCUT2D eigenvalue weighted by molar-refractivity contribution is 7.89. The van der Waals surface area contributed by atoms with E-state index in [4.69, 9.17) is 16.9 Å². The quantitative estimate of drug-likeness (QED) is 0.616. The van der Waals surface area contributed by atoms with Gasteiger partial charge in [0.1, 0.15) is 10.6 Å². The Morgan fingerprint density at radius 3 is 2.72 bits per heavy atom. The number of anilines is 1. The first-order valence-corrected chi connectivity index (χ1v) is 6.85. The minimum absolute atomic E-state index is 0.0212. The largest absolute Gasteiger partial charge is 0.495 e. The van der Waals surface area contributed by atoms with Gasteiger partial charge >= 0.3 is 0 Å². The lowest BCUT2D eigenvalue weighted by atomic mass is 10.3. The number of nitrogen functional groups attached to an aromatic ring is 1. The molecular formula is C12H16N2O3S. The second kappa shape index (κ2) is 5.76. The number of terminal acetylenes is 1. The number of hydrogen-bond donors (Lipinski definition) is 2. The highest BCUT2D eigenvalue weighted by atomic mass is 32.2. The normalized spacial score (nSPS) is 12.7. The zero-order valence-electron chi connectivity index (χ0n) is 10.3. The number of hydrogen-bond acceptors (Lipinski definition) is 4. The van der Waals surface area contributed by atoms with Crippen molar-refractivity contribution in [2.45, 2.75) is 24.3 Å². The average Bonchev–Trinajstić information content (AvgIpc) is 2.35. The van der Waals surface area contributed by atoms with Crippen LogP contribution in [-0.4, -0.2) is 21.6 Å². The zero-order chi connectivity index (χ0) is 13.8. The monoisotopic (exact) mass is 268 g/mol. The molecule has 0 fully saturated rings. The molecule has 0 spiro atoms. The van der Waals surface area contributed by atoms with Crippen molar-refractivity contribution in [3.8, 4) is 18.1 Å². The summed E-state index contributed by atoms with van der Waals surface area (Å²) in [6, 6.07) is 3.79. The molecule has 98 valence electrons. The second-order valence-corrected chi connectivity index (χ2v) is 5.34. The fraction of sp³-hybridized carbons (Fsp3) is 0.333. The molecule has 0 saturated heterocycles. The van der Waals surface area contributed by atoms with E-state index in [1.165, 1.54) is 25.3 Å². The van der Waals surface area contributed by atoms with Crippen molar-refractivity contribution in [1.82, 2.24) is 4.72 Å². The number of sulfonamides is 1. The van der Waals surface area contributed by atoms with E-state index in [1.807, 2.05) is 0 Å². The molecule has 6 heteroatoms. The molecule has 1 rings (SSSR count). The minimum atomic E-state index is -3.72. The van der Waals surface area contributed by atoms with Gasteiger partial charge in [0, 0.05) is 11.8 Å². The van der Waals surface area contributed by atoms with Crippen LogP contribution in [0.2, 0.25) is 0 Å². The molecule has 1 aromatic rings. The molecule has 1 atom stereocenters. The van der Waals surface area contributed by atoms with Crippen LogP contribution in [0.15, 0.2) is 23.1 Å². The van der Waals surface area contributed by atoms with E-state index in [1.54, 1.807) is 6.92 Å². The molecule has 1 unspecified atom stereocenters. The summed E-state index contributed by atoms with van der Waals surface area (Å²) in [4.78, 5) is 0.0212. The van der Waals surface area contributed by atoms with Gasteiger partial charge < -0.3 is 10.5 Å². The smallest absolute Gasteiger partial charge is 0.245 e. The third-order valence-electron chi connectivity index (χ3n) is 2.38. The molecule has 5 nitrogen and oxygen atoms in total. The van der Waals surface area contributed by atoms with Crippen molar-refractivity contribution >= 4 is 15.7 Å². The summed E-state index contributed by atoms with van der Waals surface area (Å²) in [6.07, 6.45) is 5.74. The van der Waals surface area contributed by atoms with E-state index in [0.717, 1.165) is 0 Å². The van der Waals surface area contributed by atoms with Crippen LogP contribution in [0.5, 0.6) is 5.75 Å². The van der Waals surface area contributed by atoms with Gasteiger partial charge in [-0.3, -0.25) is 0 Å². The highest BCUT2D eigenvalue weighted by Gasteiger charge is 2.21. The number of nitrogens with one attached hydrogen (secondary N) is 1. The molecule has 0 aliphatic carbocycles. The van der Waals surface area contributed by atoms with Gasteiger partial charge in [0.15, 0.2) is 0 Å². The van der Waals surface area contributed by atoms with Gasteiger partial charge in [-0.1, -0.05) is 12.8 Å². The summed E-state index contributed by atoms with van der Waals surface area (Å²) in [5.74, 6) is 2.56. The van der Waals surface area contributed by atoms with Crippen molar-refractivity contribution in [2.24, 2.45) is 0 Å². The van der Waals surface area contributed by atoms with E-state index < -0.39 is 16.1 Å². The van der Waals surface area contributed by atoms with Crippen LogP contribution in [0, 0.1) is 12.3 Å². The molecule has 18 heavy (non-hydrogen) atoms. The minimum Gasteiger partial charge on any atom is -0.495 e. The molecule has 0 amide bonds. The second-order valence-electron chi connectivity index (χ2n) is 3.66. The van der Waals surface area contributed by atoms with E-state index in [2.05, 4.69) is 10.6 Å². The van der Waals surface area contributed by atoms with Gasteiger partial charge in [-0.25, -0.2) is 8.42 Å².